The summed E-state index contributed by atoms with van der Waals surface area (Å²) in [6.45, 7) is 2.42. The Balaban J connectivity index is 1.36. The number of hydrogen-bond donors (Lipinski definition) is 4. The molecular weight excluding hydrogens is 436 g/mol. The molecule has 2 amide bonds. The minimum atomic E-state index is -1.04. The van der Waals surface area contributed by atoms with Crippen molar-refractivity contribution in [3.05, 3.63) is 59.7 Å². The number of amides is 2. The molecule has 8 nitrogen and oxygen atoms in total. The van der Waals surface area contributed by atoms with E-state index in [0.717, 1.165) is 22.3 Å². The van der Waals surface area contributed by atoms with Crippen molar-refractivity contribution in [2.24, 2.45) is 5.92 Å². The van der Waals surface area contributed by atoms with Crippen LogP contribution in [0, 0.1) is 5.92 Å². The molecule has 0 heterocycles. The van der Waals surface area contributed by atoms with Crippen LogP contribution >= 0.6 is 0 Å². The van der Waals surface area contributed by atoms with Crippen LogP contribution in [0.25, 0.3) is 11.1 Å². The first-order chi connectivity index (χ1) is 16.3. The Bertz CT molecular complexity index is 963. The summed E-state index contributed by atoms with van der Waals surface area (Å²) in [4.78, 5) is 34.7. The fourth-order valence-corrected chi connectivity index (χ4v) is 4.18. The van der Waals surface area contributed by atoms with Crippen LogP contribution in [0.2, 0.25) is 0 Å². The number of aliphatic carboxylic acids is 1. The summed E-state index contributed by atoms with van der Waals surface area (Å²) in [5, 5.41) is 24.0. The molecule has 0 bridgehead atoms. The van der Waals surface area contributed by atoms with E-state index in [2.05, 4.69) is 22.8 Å². The van der Waals surface area contributed by atoms with Crippen molar-refractivity contribution >= 4 is 18.0 Å². The Morgan fingerprint density at radius 1 is 0.971 bits per heavy atom. The first kappa shape index (κ1) is 25.2. The number of aliphatic hydroxyl groups is 1. The van der Waals surface area contributed by atoms with Gasteiger partial charge in [0.2, 0.25) is 5.91 Å². The Morgan fingerprint density at radius 2 is 1.59 bits per heavy atom. The van der Waals surface area contributed by atoms with Crippen LogP contribution in [0.5, 0.6) is 0 Å². The first-order valence-corrected chi connectivity index (χ1v) is 11.6. The lowest BCUT2D eigenvalue weighted by Gasteiger charge is -2.16. The average Bonchev–Trinajstić information content (AvgIpc) is 3.14. The predicted octanol–water partition coefficient (Wildman–Crippen LogP) is 3.28. The van der Waals surface area contributed by atoms with Crippen molar-refractivity contribution in [3.8, 4) is 11.1 Å². The molecule has 1 aliphatic carbocycles. The van der Waals surface area contributed by atoms with Gasteiger partial charge < -0.3 is 25.6 Å². The number of fused-ring (bicyclic) bond motifs is 3. The fraction of sp³-hybridized carbons (Fsp3) is 0.423. The molecule has 8 heteroatoms. The molecule has 34 heavy (non-hydrogen) atoms. The highest BCUT2D eigenvalue weighted by atomic mass is 16.5. The molecule has 0 fully saturated rings. The van der Waals surface area contributed by atoms with Gasteiger partial charge in [0.05, 0.1) is 12.5 Å². The van der Waals surface area contributed by atoms with Crippen molar-refractivity contribution in [1.29, 1.82) is 0 Å². The zero-order valence-corrected chi connectivity index (χ0v) is 19.3. The quantitative estimate of drug-likeness (QED) is 0.379. The van der Waals surface area contributed by atoms with Gasteiger partial charge in [-0.2, -0.15) is 0 Å². The molecular formula is C26H32N2O6. The zero-order valence-electron chi connectivity index (χ0n) is 19.3. The number of ether oxygens (including phenoxy) is 1. The summed E-state index contributed by atoms with van der Waals surface area (Å²) in [5.41, 5.74) is 4.52. The molecule has 1 aliphatic rings. The standard InChI is InChI=1S/C26H32N2O6/c1-17(10-11-25(31)32)12-13-27-24(30)14-18(29)15-28-26(33)34-16-23-21-8-4-2-6-19(21)20-7-3-5-9-22(20)23/h2-9,17-18,23,29H,10-16H2,1H3,(H,27,30)(H,28,33)(H,31,32). The van der Waals surface area contributed by atoms with Crippen LogP contribution in [0.1, 0.15) is 49.7 Å². The summed E-state index contributed by atoms with van der Waals surface area (Å²) in [6.07, 6.45) is -0.508. The Kier molecular flexibility index (Phi) is 9.04. The summed E-state index contributed by atoms with van der Waals surface area (Å²) in [6, 6.07) is 16.1. The molecule has 3 rings (SSSR count). The lowest BCUT2D eigenvalue weighted by Crippen LogP contribution is -2.37. The number of aliphatic hydroxyl groups excluding tert-OH is 1. The van der Waals surface area contributed by atoms with Crippen molar-refractivity contribution in [2.75, 3.05) is 19.7 Å². The van der Waals surface area contributed by atoms with Crippen LogP contribution in [-0.4, -0.2) is 54.0 Å². The van der Waals surface area contributed by atoms with E-state index in [4.69, 9.17) is 9.84 Å². The highest BCUT2D eigenvalue weighted by Gasteiger charge is 2.29. The molecule has 4 N–H and O–H groups in total. The van der Waals surface area contributed by atoms with E-state index in [0.29, 0.717) is 19.4 Å². The molecule has 2 atom stereocenters. The van der Waals surface area contributed by atoms with Gasteiger partial charge in [-0.25, -0.2) is 4.79 Å². The maximum absolute atomic E-state index is 12.2. The Hall–Kier alpha value is -3.39. The number of carbonyl (C=O) groups excluding carboxylic acids is 2. The second-order valence-corrected chi connectivity index (χ2v) is 8.74. The van der Waals surface area contributed by atoms with Gasteiger partial charge in [0, 0.05) is 25.4 Å². The highest BCUT2D eigenvalue weighted by molar-refractivity contribution is 5.79. The average molecular weight is 469 g/mol. The third kappa shape index (κ3) is 7.05. The van der Waals surface area contributed by atoms with Crippen molar-refractivity contribution in [1.82, 2.24) is 10.6 Å². The van der Waals surface area contributed by atoms with Crippen LogP contribution in [0.15, 0.2) is 48.5 Å². The summed E-state index contributed by atoms with van der Waals surface area (Å²) < 4.78 is 5.42. The second kappa shape index (κ2) is 12.2. The van der Waals surface area contributed by atoms with Gasteiger partial charge in [0.15, 0.2) is 0 Å². The summed E-state index contributed by atoms with van der Waals surface area (Å²) in [7, 11) is 0. The molecule has 0 aromatic heterocycles. The number of hydrogen-bond acceptors (Lipinski definition) is 5. The highest BCUT2D eigenvalue weighted by Crippen LogP contribution is 2.44. The number of carboxylic acids is 1. The van der Waals surface area contributed by atoms with E-state index in [9.17, 15) is 19.5 Å². The monoisotopic (exact) mass is 468 g/mol. The van der Waals surface area contributed by atoms with Crippen LogP contribution in [0.4, 0.5) is 4.79 Å². The van der Waals surface area contributed by atoms with Gasteiger partial charge in [-0.05, 0) is 41.0 Å². The summed E-state index contributed by atoms with van der Waals surface area (Å²) in [5.74, 6) is -1.03. The Labute approximate surface area is 199 Å². The molecule has 182 valence electrons. The topological polar surface area (TPSA) is 125 Å². The van der Waals surface area contributed by atoms with Crippen LogP contribution in [-0.2, 0) is 14.3 Å². The molecule has 2 unspecified atom stereocenters. The van der Waals surface area contributed by atoms with Gasteiger partial charge >= 0.3 is 12.1 Å². The first-order valence-electron chi connectivity index (χ1n) is 11.6. The van der Waals surface area contributed by atoms with Gasteiger partial charge in [-0.1, -0.05) is 55.5 Å². The van der Waals surface area contributed by atoms with Crippen LogP contribution < -0.4 is 10.6 Å². The maximum atomic E-state index is 12.2. The molecule has 0 saturated heterocycles. The third-order valence-electron chi connectivity index (χ3n) is 6.06. The molecule has 2 aromatic rings. The van der Waals surface area contributed by atoms with E-state index >= 15 is 0 Å². The lowest BCUT2D eigenvalue weighted by molar-refractivity contribution is -0.137. The fourth-order valence-electron chi connectivity index (χ4n) is 4.18. The molecule has 0 saturated carbocycles. The van der Waals surface area contributed by atoms with E-state index in [1.165, 1.54) is 0 Å². The zero-order chi connectivity index (χ0) is 24.5. The summed E-state index contributed by atoms with van der Waals surface area (Å²) >= 11 is 0. The van der Waals surface area contributed by atoms with Crippen LogP contribution in [0.3, 0.4) is 0 Å². The van der Waals surface area contributed by atoms with Gasteiger partial charge in [0.1, 0.15) is 6.61 Å². The number of rotatable bonds is 12. The number of carboxylic acid groups (broad SMARTS) is 1. The van der Waals surface area contributed by atoms with E-state index in [-0.39, 0.29) is 43.7 Å². The van der Waals surface area contributed by atoms with E-state index < -0.39 is 18.2 Å². The van der Waals surface area contributed by atoms with Crippen molar-refractivity contribution in [3.63, 3.8) is 0 Å². The molecule has 2 aromatic carbocycles. The molecule has 0 aliphatic heterocycles. The predicted molar refractivity (Wildman–Crippen MR) is 127 cm³/mol. The molecule has 0 spiro atoms. The number of carbonyl (C=O) groups is 3. The third-order valence-corrected chi connectivity index (χ3v) is 6.06. The Morgan fingerprint density at radius 3 is 2.21 bits per heavy atom. The largest absolute Gasteiger partial charge is 0.481 e. The normalized spacial score (nSPS) is 13.9. The lowest BCUT2D eigenvalue weighted by atomic mass is 9.98. The smallest absolute Gasteiger partial charge is 0.407 e. The van der Waals surface area contributed by atoms with E-state index in [1.807, 2.05) is 43.3 Å². The van der Waals surface area contributed by atoms with Crippen molar-refractivity contribution in [2.45, 2.75) is 44.6 Å². The number of benzene rings is 2. The maximum Gasteiger partial charge on any atom is 0.407 e. The van der Waals surface area contributed by atoms with Gasteiger partial charge in [-0.3, -0.25) is 9.59 Å². The SMILES string of the molecule is CC(CCNC(=O)CC(O)CNC(=O)OCC1c2ccccc2-c2ccccc21)CCC(=O)O. The van der Waals surface area contributed by atoms with Gasteiger partial charge in [-0.15, -0.1) is 0 Å². The molecule has 0 radical (unpaired) electrons. The van der Waals surface area contributed by atoms with Crippen molar-refractivity contribution < 1.29 is 29.3 Å². The minimum absolute atomic E-state index is 0.0493. The second-order valence-electron chi connectivity index (χ2n) is 8.74. The van der Waals surface area contributed by atoms with E-state index in [1.54, 1.807) is 0 Å². The number of alkyl carbamates (subject to hydrolysis) is 1. The van der Waals surface area contributed by atoms with Gasteiger partial charge in [0.25, 0.3) is 0 Å². The number of nitrogens with one attached hydrogen (secondary N) is 2. The minimum Gasteiger partial charge on any atom is -0.481 e.